The quantitative estimate of drug-likeness (QED) is 0.863. The molecule has 1 aromatic rings. The maximum atomic E-state index is 12.8. The number of hydrogen-bond acceptors (Lipinski definition) is 2. The van der Waals surface area contributed by atoms with E-state index in [1.54, 1.807) is 0 Å². The maximum absolute atomic E-state index is 12.8. The summed E-state index contributed by atoms with van der Waals surface area (Å²) in [6.45, 7) is 10.2. The Kier molecular flexibility index (Phi) is 3.47. The first-order valence-corrected chi connectivity index (χ1v) is 7.93. The fourth-order valence-electron chi connectivity index (χ4n) is 3.48. The molecule has 22 heavy (non-hydrogen) atoms. The van der Waals surface area contributed by atoms with Gasteiger partial charge in [0, 0.05) is 23.1 Å². The van der Waals surface area contributed by atoms with Gasteiger partial charge in [0.05, 0.1) is 0 Å². The second-order valence-electron chi connectivity index (χ2n) is 7.53. The van der Waals surface area contributed by atoms with Gasteiger partial charge in [-0.05, 0) is 41.9 Å². The number of amides is 1. The zero-order valence-electron chi connectivity index (χ0n) is 13.5. The zero-order chi connectivity index (χ0) is 16.1. The summed E-state index contributed by atoms with van der Waals surface area (Å²) >= 11 is 0. The predicted molar refractivity (Wildman–Crippen MR) is 86.7 cm³/mol. The SMILES string of the molecule is C=C1CCC(C2Cc3ccc(C(C)(C)C)cc3C2=O)C(=O)N1. The molecule has 0 bridgehead atoms. The van der Waals surface area contributed by atoms with E-state index >= 15 is 0 Å². The second kappa shape index (κ2) is 5.08. The van der Waals surface area contributed by atoms with Crippen molar-refractivity contribution in [3.05, 3.63) is 47.2 Å². The lowest BCUT2D eigenvalue weighted by Gasteiger charge is -2.27. The molecular formula is C19H23NO2. The summed E-state index contributed by atoms with van der Waals surface area (Å²) in [6.07, 6.45) is 2.17. The van der Waals surface area contributed by atoms with Crippen molar-refractivity contribution in [2.45, 2.75) is 45.4 Å². The van der Waals surface area contributed by atoms with Gasteiger partial charge in [0.2, 0.25) is 5.91 Å². The average molecular weight is 297 g/mol. The normalized spacial score (nSPS) is 25.1. The molecule has 3 heteroatoms. The molecule has 1 fully saturated rings. The highest BCUT2D eigenvalue weighted by molar-refractivity contribution is 6.04. The molecule has 3 nitrogen and oxygen atoms in total. The first-order valence-electron chi connectivity index (χ1n) is 7.93. The molecule has 116 valence electrons. The van der Waals surface area contributed by atoms with E-state index in [0.29, 0.717) is 6.42 Å². The molecule has 0 spiro atoms. The molecule has 0 aromatic heterocycles. The van der Waals surface area contributed by atoms with Crippen molar-refractivity contribution in [3.63, 3.8) is 0 Å². The summed E-state index contributed by atoms with van der Waals surface area (Å²) in [6, 6.07) is 6.20. The maximum Gasteiger partial charge on any atom is 0.227 e. The van der Waals surface area contributed by atoms with E-state index in [1.807, 2.05) is 6.07 Å². The summed E-state index contributed by atoms with van der Waals surface area (Å²) in [4.78, 5) is 25.0. The molecule has 1 amide bonds. The number of allylic oxidation sites excluding steroid dienone is 1. The number of nitrogens with one attached hydrogen (secondary N) is 1. The highest BCUT2D eigenvalue weighted by Gasteiger charge is 2.41. The first kappa shape index (κ1) is 15.0. The van der Waals surface area contributed by atoms with E-state index in [1.165, 1.54) is 5.56 Å². The van der Waals surface area contributed by atoms with Gasteiger partial charge < -0.3 is 5.32 Å². The molecule has 1 heterocycles. The van der Waals surface area contributed by atoms with Crippen molar-refractivity contribution in [1.82, 2.24) is 5.32 Å². The second-order valence-corrected chi connectivity index (χ2v) is 7.53. The van der Waals surface area contributed by atoms with Gasteiger partial charge in [0.1, 0.15) is 0 Å². The number of Topliss-reactive ketones (excluding diaryl/α,β-unsaturated/α-hetero) is 1. The molecule has 1 saturated heterocycles. The number of carbonyl (C=O) groups excluding carboxylic acids is 2. The number of fused-ring (bicyclic) bond motifs is 1. The molecule has 1 N–H and O–H groups in total. The Morgan fingerprint density at radius 1 is 1.18 bits per heavy atom. The third-order valence-corrected chi connectivity index (χ3v) is 4.90. The smallest absolute Gasteiger partial charge is 0.227 e. The lowest BCUT2D eigenvalue weighted by Crippen LogP contribution is -2.40. The van der Waals surface area contributed by atoms with Crippen LogP contribution in [0.1, 0.15) is 55.1 Å². The van der Waals surface area contributed by atoms with Crippen molar-refractivity contribution >= 4 is 11.7 Å². The van der Waals surface area contributed by atoms with Gasteiger partial charge in [0.15, 0.2) is 5.78 Å². The standard InChI is InChI=1S/C19H23NO2/c1-11-5-8-14(18(22)20-11)16-9-12-6-7-13(19(2,3)4)10-15(12)17(16)21/h6-7,10,14,16H,1,5,8-9H2,2-4H3,(H,20,22). The summed E-state index contributed by atoms with van der Waals surface area (Å²) in [7, 11) is 0. The Bertz CT molecular complexity index is 667. The first-order chi connectivity index (χ1) is 10.3. The Hall–Kier alpha value is -1.90. The molecule has 2 aliphatic rings. The van der Waals surface area contributed by atoms with E-state index in [2.05, 4.69) is 44.8 Å². The number of benzene rings is 1. The highest BCUT2D eigenvalue weighted by Crippen LogP contribution is 2.37. The molecule has 1 aliphatic heterocycles. The van der Waals surface area contributed by atoms with Crippen molar-refractivity contribution in [3.8, 4) is 0 Å². The largest absolute Gasteiger partial charge is 0.330 e. The van der Waals surface area contributed by atoms with Crippen LogP contribution >= 0.6 is 0 Å². The van der Waals surface area contributed by atoms with E-state index in [0.717, 1.165) is 29.7 Å². The van der Waals surface area contributed by atoms with Crippen LogP contribution in [-0.2, 0) is 16.6 Å². The Morgan fingerprint density at radius 2 is 1.91 bits per heavy atom. The number of hydrogen-bond donors (Lipinski definition) is 1. The molecule has 1 aliphatic carbocycles. The van der Waals surface area contributed by atoms with Crippen LogP contribution in [0, 0.1) is 11.8 Å². The molecule has 0 saturated carbocycles. The summed E-state index contributed by atoms with van der Waals surface area (Å²) < 4.78 is 0. The van der Waals surface area contributed by atoms with E-state index in [4.69, 9.17) is 0 Å². The van der Waals surface area contributed by atoms with Crippen molar-refractivity contribution < 1.29 is 9.59 Å². The predicted octanol–water partition coefficient (Wildman–Crippen LogP) is 3.38. The topological polar surface area (TPSA) is 46.2 Å². The van der Waals surface area contributed by atoms with E-state index in [-0.39, 0.29) is 28.9 Å². The molecule has 1 aromatic carbocycles. The number of carbonyl (C=O) groups is 2. The van der Waals surface area contributed by atoms with Crippen molar-refractivity contribution in [2.24, 2.45) is 11.8 Å². The lowest BCUT2D eigenvalue weighted by atomic mass is 9.82. The van der Waals surface area contributed by atoms with Crippen LogP contribution in [0.4, 0.5) is 0 Å². The number of piperidine rings is 1. The molecule has 2 unspecified atom stereocenters. The Morgan fingerprint density at radius 3 is 2.55 bits per heavy atom. The van der Waals surface area contributed by atoms with Gasteiger partial charge in [0.25, 0.3) is 0 Å². The summed E-state index contributed by atoms with van der Waals surface area (Å²) in [5.41, 5.74) is 3.85. The van der Waals surface area contributed by atoms with Crippen LogP contribution in [0.5, 0.6) is 0 Å². The number of ketones is 1. The van der Waals surface area contributed by atoms with Crippen LogP contribution in [0.2, 0.25) is 0 Å². The minimum Gasteiger partial charge on any atom is -0.330 e. The van der Waals surface area contributed by atoms with E-state index in [9.17, 15) is 9.59 Å². The Balaban J connectivity index is 1.88. The minimum atomic E-state index is -0.219. The van der Waals surface area contributed by atoms with Crippen LogP contribution in [0.25, 0.3) is 0 Å². The van der Waals surface area contributed by atoms with Gasteiger partial charge in [-0.2, -0.15) is 0 Å². The van der Waals surface area contributed by atoms with Crippen molar-refractivity contribution in [1.29, 1.82) is 0 Å². The fourth-order valence-corrected chi connectivity index (χ4v) is 3.48. The van der Waals surface area contributed by atoms with Crippen LogP contribution < -0.4 is 5.32 Å². The van der Waals surface area contributed by atoms with Crippen molar-refractivity contribution in [2.75, 3.05) is 0 Å². The van der Waals surface area contributed by atoms with Crippen LogP contribution in [0.3, 0.4) is 0 Å². The van der Waals surface area contributed by atoms with Gasteiger partial charge in [-0.3, -0.25) is 9.59 Å². The molecular weight excluding hydrogens is 274 g/mol. The van der Waals surface area contributed by atoms with Gasteiger partial charge in [-0.1, -0.05) is 39.5 Å². The molecule has 3 rings (SSSR count). The minimum absolute atomic E-state index is 0.0212. The van der Waals surface area contributed by atoms with E-state index < -0.39 is 0 Å². The summed E-state index contributed by atoms with van der Waals surface area (Å²) in [5.74, 6) is -0.339. The van der Waals surface area contributed by atoms with Gasteiger partial charge >= 0.3 is 0 Å². The van der Waals surface area contributed by atoms with Gasteiger partial charge in [-0.15, -0.1) is 0 Å². The number of rotatable bonds is 1. The monoisotopic (exact) mass is 297 g/mol. The Labute approximate surface area is 131 Å². The van der Waals surface area contributed by atoms with Crippen LogP contribution in [0.15, 0.2) is 30.5 Å². The third kappa shape index (κ3) is 2.49. The highest BCUT2D eigenvalue weighted by atomic mass is 16.2. The molecule has 0 radical (unpaired) electrons. The zero-order valence-corrected chi connectivity index (χ0v) is 13.5. The third-order valence-electron chi connectivity index (χ3n) is 4.90. The fraction of sp³-hybridized carbons (Fsp3) is 0.474. The lowest BCUT2D eigenvalue weighted by molar-refractivity contribution is -0.126. The van der Waals surface area contributed by atoms with Crippen LogP contribution in [-0.4, -0.2) is 11.7 Å². The average Bonchev–Trinajstić information content (AvgIpc) is 2.75. The van der Waals surface area contributed by atoms with Gasteiger partial charge in [-0.25, -0.2) is 0 Å². The summed E-state index contributed by atoms with van der Waals surface area (Å²) in [5, 5.41) is 2.80. The molecule has 2 atom stereocenters.